The Morgan fingerprint density at radius 3 is 2.70 bits per heavy atom. The minimum Gasteiger partial charge on any atom is -0.341 e. The SMILES string of the molecule is CCC(CN1CC(c2cc(F)cc(F)c2F)CC1=O)SC(C)=O. The van der Waals surface area contributed by atoms with Gasteiger partial charge < -0.3 is 4.90 Å². The molecule has 1 aliphatic rings. The largest absolute Gasteiger partial charge is 0.341 e. The highest BCUT2D eigenvalue weighted by Gasteiger charge is 2.34. The van der Waals surface area contributed by atoms with Crippen LogP contribution in [0.1, 0.15) is 38.2 Å². The minimum atomic E-state index is -1.25. The fourth-order valence-corrected chi connectivity index (χ4v) is 3.65. The Kier molecular flexibility index (Phi) is 5.73. The number of rotatable bonds is 5. The zero-order chi connectivity index (χ0) is 17.1. The van der Waals surface area contributed by atoms with Crippen LogP contribution in [-0.4, -0.2) is 34.3 Å². The number of carbonyl (C=O) groups is 2. The van der Waals surface area contributed by atoms with Gasteiger partial charge in [-0.1, -0.05) is 18.7 Å². The topological polar surface area (TPSA) is 37.4 Å². The minimum absolute atomic E-state index is 0.0149. The first-order valence-corrected chi connectivity index (χ1v) is 8.29. The van der Waals surface area contributed by atoms with Crippen LogP contribution >= 0.6 is 11.8 Å². The molecule has 1 aliphatic heterocycles. The molecule has 2 rings (SSSR count). The smallest absolute Gasteiger partial charge is 0.223 e. The van der Waals surface area contributed by atoms with Gasteiger partial charge in [-0.05, 0) is 18.1 Å². The molecule has 0 aromatic heterocycles. The molecule has 2 unspecified atom stereocenters. The summed E-state index contributed by atoms with van der Waals surface area (Å²) in [6.07, 6.45) is 0.725. The van der Waals surface area contributed by atoms with Crippen molar-refractivity contribution in [1.29, 1.82) is 0 Å². The third-order valence-electron chi connectivity index (χ3n) is 3.89. The standard InChI is InChI=1S/C16H18F3NO2S/c1-3-12(23-9(2)21)8-20-7-10(4-15(20)22)13-5-11(17)6-14(18)16(13)19/h5-6,10,12H,3-4,7-8H2,1-2H3. The summed E-state index contributed by atoms with van der Waals surface area (Å²) in [6, 6.07) is 1.44. The second-order valence-electron chi connectivity index (χ2n) is 5.63. The predicted molar refractivity (Wildman–Crippen MR) is 82.6 cm³/mol. The Morgan fingerprint density at radius 1 is 1.39 bits per heavy atom. The Labute approximate surface area is 137 Å². The lowest BCUT2D eigenvalue weighted by atomic mass is 9.97. The first kappa shape index (κ1) is 17.8. The summed E-state index contributed by atoms with van der Waals surface area (Å²) in [6.45, 7) is 3.95. The average Bonchev–Trinajstić information content (AvgIpc) is 2.82. The van der Waals surface area contributed by atoms with E-state index in [4.69, 9.17) is 0 Å². The molecule has 2 atom stereocenters. The summed E-state index contributed by atoms with van der Waals surface area (Å²) >= 11 is 1.17. The first-order valence-electron chi connectivity index (χ1n) is 7.41. The highest BCUT2D eigenvalue weighted by Crippen LogP contribution is 2.32. The number of hydrogen-bond acceptors (Lipinski definition) is 3. The molecule has 0 spiro atoms. The van der Waals surface area contributed by atoms with Gasteiger partial charge in [0.2, 0.25) is 5.91 Å². The average molecular weight is 345 g/mol. The van der Waals surface area contributed by atoms with Gasteiger partial charge in [0, 0.05) is 43.7 Å². The van der Waals surface area contributed by atoms with Crippen LogP contribution in [0.4, 0.5) is 13.2 Å². The molecular formula is C16H18F3NO2S. The molecule has 0 N–H and O–H groups in total. The van der Waals surface area contributed by atoms with Gasteiger partial charge in [-0.2, -0.15) is 0 Å². The van der Waals surface area contributed by atoms with E-state index in [1.165, 1.54) is 23.6 Å². The highest BCUT2D eigenvalue weighted by molar-refractivity contribution is 8.14. The van der Waals surface area contributed by atoms with E-state index in [0.717, 1.165) is 6.07 Å². The van der Waals surface area contributed by atoms with E-state index in [1.807, 2.05) is 6.92 Å². The van der Waals surface area contributed by atoms with E-state index in [-0.39, 0.29) is 34.8 Å². The lowest BCUT2D eigenvalue weighted by molar-refractivity contribution is -0.127. The number of halogens is 3. The second-order valence-corrected chi connectivity index (χ2v) is 7.11. The molecule has 1 heterocycles. The molecule has 0 saturated carbocycles. The summed E-state index contributed by atoms with van der Waals surface area (Å²) in [5.41, 5.74) is -0.106. The molecule has 1 aromatic carbocycles. The quantitative estimate of drug-likeness (QED) is 0.767. The van der Waals surface area contributed by atoms with Gasteiger partial charge in [-0.15, -0.1) is 0 Å². The van der Waals surface area contributed by atoms with Crippen LogP contribution in [0.5, 0.6) is 0 Å². The van der Waals surface area contributed by atoms with E-state index < -0.39 is 23.4 Å². The molecule has 3 nitrogen and oxygen atoms in total. The van der Waals surface area contributed by atoms with Crippen molar-refractivity contribution in [2.24, 2.45) is 0 Å². The molecule has 1 amide bonds. The summed E-state index contributed by atoms with van der Waals surface area (Å²) in [7, 11) is 0. The monoisotopic (exact) mass is 345 g/mol. The third-order valence-corrected chi connectivity index (χ3v) is 5.04. The van der Waals surface area contributed by atoms with Gasteiger partial charge in [0.15, 0.2) is 16.7 Å². The Bertz CT molecular complexity index is 624. The van der Waals surface area contributed by atoms with Crippen molar-refractivity contribution < 1.29 is 22.8 Å². The summed E-state index contributed by atoms with van der Waals surface area (Å²) in [5, 5.41) is -0.0671. The van der Waals surface area contributed by atoms with Crippen molar-refractivity contribution in [3.8, 4) is 0 Å². The van der Waals surface area contributed by atoms with E-state index in [1.54, 1.807) is 0 Å². The number of thioether (sulfide) groups is 1. The molecule has 126 valence electrons. The zero-order valence-corrected chi connectivity index (χ0v) is 13.8. The summed E-state index contributed by atoms with van der Waals surface area (Å²) < 4.78 is 40.5. The van der Waals surface area contributed by atoms with Crippen LogP contribution in [0.2, 0.25) is 0 Å². The Morgan fingerprint density at radius 2 is 2.09 bits per heavy atom. The van der Waals surface area contributed by atoms with Gasteiger partial charge >= 0.3 is 0 Å². The van der Waals surface area contributed by atoms with Crippen LogP contribution in [0.3, 0.4) is 0 Å². The fourth-order valence-electron chi connectivity index (χ4n) is 2.76. The van der Waals surface area contributed by atoms with Crippen LogP contribution in [0, 0.1) is 17.5 Å². The number of amides is 1. The van der Waals surface area contributed by atoms with E-state index in [0.29, 0.717) is 19.0 Å². The van der Waals surface area contributed by atoms with Gasteiger partial charge in [0.05, 0.1) is 0 Å². The van der Waals surface area contributed by atoms with E-state index >= 15 is 0 Å². The summed E-state index contributed by atoms with van der Waals surface area (Å²) in [4.78, 5) is 24.8. The molecule has 1 aromatic rings. The Hall–Kier alpha value is -1.50. The van der Waals surface area contributed by atoms with Crippen molar-refractivity contribution in [2.75, 3.05) is 13.1 Å². The van der Waals surface area contributed by atoms with Gasteiger partial charge in [-0.3, -0.25) is 9.59 Å². The molecule has 0 radical (unpaired) electrons. The fraction of sp³-hybridized carbons (Fsp3) is 0.500. The number of benzene rings is 1. The number of carbonyl (C=O) groups excluding carboxylic acids is 2. The molecule has 1 fully saturated rings. The van der Waals surface area contributed by atoms with Crippen molar-refractivity contribution >= 4 is 22.8 Å². The second kappa shape index (κ2) is 7.38. The lowest BCUT2D eigenvalue weighted by Gasteiger charge is -2.22. The van der Waals surface area contributed by atoms with Gasteiger partial charge in [-0.25, -0.2) is 13.2 Å². The van der Waals surface area contributed by atoms with Crippen molar-refractivity contribution in [3.05, 3.63) is 35.1 Å². The summed E-state index contributed by atoms with van der Waals surface area (Å²) in [5.74, 6) is -3.97. The molecular weight excluding hydrogens is 327 g/mol. The maximum absolute atomic E-state index is 13.9. The third kappa shape index (κ3) is 4.28. The molecule has 23 heavy (non-hydrogen) atoms. The van der Waals surface area contributed by atoms with Crippen LogP contribution in [-0.2, 0) is 9.59 Å². The van der Waals surface area contributed by atoms with Gasteiger partial charge in [0.1, 0.15) is 5.82 Å². The highest BCUT2D eigenvalue weighted by atomic mass is 32.2. The van der Waals surface area contributed by atoms with Crippen molar-refractivity contribution in [1.82, 2.24) is 4.90 Å². The molecule has 1 saturated heterocycles. The molecule has 0 bridgehead atoms. The van der Waals surface area contributed by atoms with Crippen molar-refractivity contribution in [3.63, 3.8) is 0 Å². The zero-order valence-electron chi connectivity index (χ0n) is 12.9. The number of likely N-dealkylation sites (tertiary alicyclic amines) is 1. The van der Waals surface area contributed by atoms with Crippen LogP contribution in [0.25, 0.3) is 0 Å². The normalized spacial score (nSPS) is 19.3. The predicted octanol–water partition coefficient (Wildman–Crippen LogP) is 3.48. The van der Waals surface area contributed by atoms with E-state index in [9.17, 15) is 22.8 Å². The number of nitrogens with zero attached hydrogens (tertiary/aromatic N) is 1. The van der Waals surface area contributed by atoms with Gasteiger partial charge in [0.25, 0.3) is 0 Å². The van der Waals surface area contributed by atoms with Crippen LogP contribution < -0.4 is 0 Å². The van der Waals surface area contributed by atoms with Crippen molar-refractivity contribution in [2.45, 2.75) is 37.9 Å². The van der Waals surface area contributed by atoms with E-state index in [2.05, 4.69) is 0 Å². The lowest BCUT2D eigenvalue weighted by Crippen LogP contribution is -2.32. The Balaban J connectivity index is 2.12. The van der Waals surface area contributed by atoms with Crippen LogP contribution in [0.15, 0.2) is 12.1 Å². The first-order chi connectivity index (χ1) is 10.8. The maximum atomic E-state index is 13.9. The number of hydrogen-bond donors (Lipinski definition) is 0. The maximum Gasteiger partial charge on any atom is 0.223 e. The molecule has 7 heteroatoms. The molecule has 0 aliphatic carbocycles.